The summed E-state index contributed by atoms with van der Waals surface area (Å²) in [6, 6.07) is 11.6. The molecule has 3 aromatic rings. The zero-order chi connectivity index (χ0) is 24.5. The van der Waals surface area contributed by atoms with Gasteiger partial charge < -0.3 is 24.6 Å². The largest absolute Gasteiger partial charge is 0.390 e. The number of aliphatic hydroxyl groups excluding tert-OH is 1. The first-order valence-electron chi connectivity index (χ1n) is 12.4. The maximum Gasteiger partial charge on any atom is 0.251 e. The number of halogens is 1. The number of carbonyl (C=O) groups is 1. The first kappa shape index (κ1) is 24.5. The van der Waals surface area contributed by atoms with Crippen molar-refractivity contribution < 1.29 is 9.90 Å². The number of anilines is 1. The summed E-state index contributed by atoms with van der Waals surface area (Å²) in [5.74, 6) is 0.819. The molecule has 1 aliphatic heterocycles. The van der Waals surface area contributed by atoms with Crippen LogP contribution < -0.4 is 14.9 Å². The average molecular weight is 513 g/mol. The van der Waals surface area contributed by atoms with Gasteiger partial charge in [0.25, 0.3) is 5.91 Å². The van der Waals surface area contributed by atoms with Gasteiger partial charge in [-0.25, -0.2) is 0 Å². The summed E-state index contributed by atoms with van der Waals surface area (Å²) in [5, 5.41) is 19.4. The summed E-state index contributed by atoms with van der Waals surface area (Å²) in [7, 11) is 2.06. The summed E-state index contributed by atoms with van der Waals surface area (Å²) in [6.07, 6.45) is 5.21. The SMILES string of the molecule is CCc1cn2c3c(cc(C(=O)N[C@@H](Cc4cccc(Cl)c4)[C@H](O)CNC4CC4)cc13)N(C)SCC2. The molecule has 3 N–H and O–H groups in total. The van der Waals surface area contributed by atoms with Crippen LogP contribution in [0.15, 0.2) is 42.6 Å². The molecule has 8 heteroatoms. The molecule has 2 aromatic carbocycles. The second-order valence-electron chi connectivity index (χ2n) is 9.59. The minimum atomic E-state index is -0.714. The van der Waals surface area contributed by atoms with Crippen molar-refractivity contribution in [2.24, 2.45) is 0 Å². The van der Waals surface area contributed by atoms with Crippen molar-refractivity contribution in [2.45, 2.75) is 57.3 Å². The van der Waals surface area contributed by atoms with Crippen molar-refractivity contribution in [1.82, 2.24) is 15.2 Å². The fourth-order valence-corrected chi connectivity index (χ4v) is 5.88. The lowest BCUT2D eigenvalue weighted by atomic mass is 9.99. The Morgan fingerprint density at radius 1 is 1.29 bits per heavy atom. The van der Waals surface area contributed by atoms with Crippen molar-refractivity contribution in [1.29, 1.82) is 0 Å². The summed E-state index contributed by atoms with van der Waals surface area (Å²) in [6.45, 7) is 3.55. The number of amides is 1. The number of rotatable bonds is 9. The normalized spacial score (nSPS) is 17.3. The Hall–Kier alpha value is -2.19. The second kappa shape index (κ2) is 10.4. The van der Waals surface area contributed by atoms with Gasteiger partial charge in [-0.3, -0.25) is 4.79 Å². The molecule has 1 amide bonds. The Morgan fingerprint density at radius 3 is 2.86 bits per heavy atom. The van der Waals surface area contributed by atoms with Gasteiger partial charge >= 0.3 is 0 Å². The monoisotopic (exact) mass is 512 g/mol. The van der Waals surface area contributed by atoms with Gasteiger partial charge in [0.2, 0.25) is 0 Å². The van der Waals surface area contributed by atoms with E-state index in [2.05, 4.69) is 39.7 Å². The molecule has 0 spiro atoms. The van der Waals surface area contributed by atoms with Crippen LogP contribution in [0, 0.1) is 0 Å². The highest BCUT2D eigenvalue weighted by Gasteiger charge is 2.27. The quantitative estimate of drug-likeness (QED) is 0.370. The average Bonchev–Trinajstić information content (AvgIpc) is 3.63. The van der Waals surface area contributed by atoms with Crippen molar-refractivity contribution in [3.63, 3.8) is 0 Å². The van der Waals surface area contributed by atoms with Gasteiger partial charge in [0, 0.05) is 54.1 Å². The molecule has 0 radical (unpaired) electrons. The molecule has 0 unspecified atom stereocenters. The molecule has 1 fully saturated rings. The van der Waals surface area contributed by atoms with E-state index in [1.165, 1.54) is 11.1 Å². The molecule has 1 aliphatic carbocycles. The van der Waals surface area contributed by atoms with Crippen LogP contribution in [-0.2, 0) is 19.4 Å². The highest BCUT2D eigenvalue weighted by molar-refractivity contribution is 8.00. The first-order chi connectivity index (χ1) is 16.9. The number of carbonyl (C=O) groups excluding carboxylic acids is 1. The number of hydrogen-bond acceptors (Lipinski definition) is 5. The van der Waals surface area contributed by atoms with Crippen LogP contribution in [0.2, 0.25) is 5.02 Å². The number of hydrogen-bond donors (Lipinski definition) is 3. The molecule has 2 atom stereocenters. The third kappa shape index (κ3) is 5.48. The lowest BCUT2D eigenvalue weighted by Crippen LogP contribution is -2.49. The van der Waals surface area contributed by atoms with Gasteiger partial charge in [-0.1, -0.05) is 30.7 Å². The Bertz CT molecular complexity index is 1230. The smallest absolute Gasteiger partial charge is 0.251 e. The first-order valence-corrected chi connectivity index (χ1v) is 13.7. The topological polar surface area (TPSA) is 69.5 Å². The summed E-state index contributed by atoms with van der Waals surface area (Å²) in [4.78, 5) is 13.6. The highest BCUT2D eigenvalue weighted by Crippen LogP contribution is 2.37. The van der Waals surface area contributed by atoms with E-state index in [-0.39, 0.29) is 5.91 Å². The summed E-state index contributed by atoms with van der Waals surface area (Å²) in [5.41, 5.74) is 5.09. The van der Waals surface area contributed by atoms with Crippen molar-refractivity contribution in [3.8, 4) is 0 Å². The van der Waals surface area contributed by atoms with E-state index in [0.29, 0.717) is 29.6 Å². The molecule has 35 heavy (non-hydrogen) atoms. The molecule has 1 aromatic heterocycles. The second-order valence-corrected chi connectivity index (χ2v) is 11.2. The van der Waals surface area contributed by atoms with E-state index >= 15 is 0 Å². The predicted octanol–water partition coefficient (Wildman–Crippen LogP) is 4.41. The lowest BCUT2D eigenvalue weighted by Gasteiger charge is -2.25. The number of aliphatic hydroxyl groups is 1. The zero-order valence-electron chi connectivity index (χ0n) is 20.3. The number of benzene rings is 2. The van der Waals surface area contributed by atoms with Gasteiger partial charge in [-0.15, -0.1) is 0 Å². The molecule has 0 bridgehead atoms. The van der Waals surface area contributed by atoms with Crippen LogP contribution in [0.4, 0.5) is 5.69 Å². The minimum absolute atomic E-state index is 0.168. The van der Waals surface area contributed by atoms with E-state index in [0.717, 1.165) is 48.2 Å². The fourth-order valence-electron chi connectivity index (χ4n) is 4.83. The third-order valence-electron chi connectivity index (χ3n) is 6.95. The molecule has 1 saturated carbocycles. The van der Waals surface area contributed by atoms with Crippen LogP contribution in [0.1, 0.15) is 41.3 Å². The summed E-state index contributed by atoms with van der Waals surface area (Å²) >= 11 is 7.97. The molecule has 186 valence electrons. The summed E-state index contributed by atoms with van der Waals surface area (Å²) < 4.78 is 4.48. The molecule has 2 heterocycles. The Morgan fingerprint density at radius 2 is 2.11 bits per heavy atom. The van der Waals surface area contributed by atoms with Gasteiger partial charge in [-0.05, 0) is 73.0 Å². The minimum Gasteiger partial charge on any atom is -0.390 e. The van der Waals surface area contributed by atoms with Crippen LogP contribution in [0.3, 0.4) is 0 Å². The predicted molar refractivity (Wildman–Crippen MR) is 146 cm³/mol. The Balaban J connectivity index is 1.44. The van der Waals surface area contributed by atoms with Crippen molar-refractivity contribution >= 4 is 46.0 Å². The van der Waals surface area contributed by atoms with E-state index in [9.17, 15) is 9.90 Å². The van der Waals surface area contributed by atoms with E-state index in [4.69, 9.17) is 11.6 Å². The number of aromatic nitrogens is 1. The molecular weight excluding hydrogens is 480 g/mol. The van der Waals surface area contributed by atoms with Crippen LogP contribution >= 0.6 is 23.5 Å². The molecule has 0 saturated heterocycles. The molecular formula is C27H33ClN4O2S. The highest BCUT2D eigenvalue weighted by atomic mass is 35.5. The van der Waals surface area contributed by atoms with Gasteiger partial charge in [0.05, 0.1) is 23.3 Å². The maximum atomic E-state index is 13.6. The number of aryl methyl sites for hydroxylation is 2. The van der Waals surface area contributed by atoms with Crippen molar-refractivity contribution in [3.05, 3.63) is 64.3 Å². The van der Waals surface area contributed by atoms with E-state index in [1.807, 2.05) is 36.4 Å². The molecule has 2 aliphatic rings. The third-order valence-corrected chi connectivity index (χ3v) is 8.14. The standard InChI is InChI=1S/C27H33ClN4O2S/c1-3-18-16-32-9-10-35-31(2)24-14-19(13-22(18)26(24)32)27(34)30-23(25(33)15-29-21-7-8-21)12-17-5-4-6-20(28)11-17/h4-6,11,13-14,16,21,23,25,29,33H,3,7-10,12,15H2,1-2H3,(H,30,34)/t23-,25+/m0/s1. The maximum absolute atomic E-state index is 13.6. The molecule has 6 nitrogen and oxygen atoms in total. The lowest BCUT2D eigenvalue weighted by molar-refractivity contribution is 0.0830. The Kier molecular flexibility index (Phi) is 7.30. The van der Waals surface area contributed by atoms with Crippen LogP contribution in [-0.4, -0.2) is 53.1 Å². The molecule has 5 rings (SSSR count). The van der Waals surface area contributed by atoms with Gasteiger partial charge in [0.15, 0.2) is 0 Å². The zero-order valence-corrected chi connectivity index (χ0v) is 21.8. The van der Waals surface area contributed by atoms with Gasteiger partial charge in [0.1, 0.15) is 0 Å². The van der Waals surface area contributed by atoms with Gasteiger partial charge in [-0.2, -0.15) is 0 Å². The Labute approximate surface area is 216 Å². The van der Waals surface area contributed by atoms with Crippen molar-refractivity contribution in [2.75, 3.05) is 23.7 Å². The van der Waals surface area contributed by atoms with E-state index in [1.54, 1.807) is 11.9 Å². The van der Waals surface area contributed by atoms with Crippen LogP contribution in [0.5, 0.6) is 0 Å². The number of nitrogens with zero attached hydrogens (tertiary/aromatic N) is 2. The van der Waals surface area contributed by atoms with Crippen LogP contribution in [0.25, 0.3) is 10.9 Å². The van der Waals surface area contributed by atoms with E-state index < -0.39 is 12.1 Å². The fraction of sp³-hybridized carbons (Fsp3) is 0.444. The number of nitrogens with one attached hydrogen (secondary N) is 2.